The molecule has 1 atom stereocenters. The zero-order valence-corrected chi connectivity index (χ0v) is 11.2. The molecule has 1 aliphatic rings. The van der Waals surface area contributed by atoms with Crippen molar-refractivity contribution in [2.45, 2.75) is 25.4 Å². The first-order valence-electron chi connectivity index (χ1n) is 6.64. The minimum atomic E-state index is -1.05. The third-order valence-corrected chi connectivity index (χ3v) is 3.51. The van der Waals surface area contributed by atoms with Gasteiger partial charge in [0.05, 0.1) is 12.1 Å². The summed E-state index contributed by atoms with van der Waals surface area (Å²) in [5.41, 5.74) is 0.448. The average Bonchev–Trinajstić information content (AvgIpc) is 2.95. The highest BCUT2D eigenvalue weighted by molar-refractivity contribution is 5.97. The minimum Gasteiger partial charge on any atom is -0.478 e. The summed E-state index contributed by atoms with van der Waals surface area (Å²) < 4.78 is 1.78. The third kappa shape index (κ3) is 2.76. The van der Waals surface area contributed by atoms with Crippen LogP contribution in [0.2, 0.25) is 0 Å². The molecule has 3 rings (SSSR count). The number of carbonyl (C=O) groups is 2. The zero-order chi connectivity index (χ0) is 14.8. The molecular formula is C14H14N4O3. The van der Waals surface area contributed by atoms with E-state index in [1.165, 1.54) is 18.5 Å². The van der Waals surface area contributed by atoms with E-state index in [0.29, 0.717) is 12.1 Å². The molecule has 0 radical (unpaired) electrons. The lowest BCUT2D eigenvalue weighted by Gasteiger charge is -2.23. The maximum atomic E-state index is 12.2. The number of hydrogen-bond acceptors (Lipinski definition) is 4. The number of aromatic carboxylic acids is 1. The molecule has 0 saturated carbocycles. The molecule has 0 aliphatic carbocycles. The molecule has 0 spiro atoms. The standard InChI is InChI=1S/C14H14N4O3/c19-13(9-2-1-3-10(6-9)14(20)21)17-11-4-5-12-15-8-16-18(12)7-11/h1-3,6,8,11H,4-5,7H2,(H,17,19)(H,20,21). The highest BCUT2D eigenvalue weighted by atomic mass is 16.4. The van der Waals surface area contributed by atoms with E-state index in [0.717, 1.165) is 18.7 Å². The van der Waals surface area contributed by atoms with Crippen LogP contribution in [-0.4, -0.2) is 37.8 Å². The van der Waals surface area contributed by atoms with E-state index in [1.54, 1.807) is 16.8 Å². The van der Waals surface area contributed by atoms with Gasteiger partial charge in [0.25, 0.3) is 5.91 Å². The number of carboxylic acid groups (broad SMARTS) is 1. The van der Waals surface area contributed by atoms with Gasteiger partial charge in [-0.15, -0.1) is 0 Å². The Balaban J connectivity index is 1.70. The van der Waals surface area contributed by atoms with Crippen molar-refractivity contribution < 1.29 is 14.7 Å². The Morgan fingerprint density at radius 3 is 2.95 bits per heavy atom. The number of nitrogens with one attached hydrogen (secondary N) is 1. The molecule has 108 valence electrons. The van der Waals surface area contributed by atoms with Crippen LogP contribution in [-0.2, 0) is 13.0 Å². The normalized spacial score (nSPS) is 17.0. The zero-order valence-electron chi connectivity index (χ0n) is 11.2. The summed E-state index contributed by atoms with van der Waals surface area (Å²) in [5, 5.41) is 16.0. The molecule has 2 heterocycles. The number of benzene rings is 1. The predicted molar refractivity (Wildman–Crippen MR) is 73.0 cm³/mol. The van der Waals surface area contributed by atoms with Crippen LogP contribution in [0, 0.1) is 0 Å². The van der Waals surface area contributed by atoms with Gasteiger partial charge in [0, 0.05) is 18.0 Å². The molecule has 0 saturated heterocycles. The van der Waals surface area contributed by atoms with Crippen molar-refractivity contribution in [1.82, 2.24) is 20.1 Å². The molecule has 21 heavy (non-hydrogen) atoms. The van der Waals surface area contributed by atoms with Gasteiger partial charge in [-0.1, -0.05) is 6.07 Å². The third-order valence-electron chi connectivity index (χ3n) is 3.51. The van der Waals surface area contributed by atoms with Crippen LogP contribution in [0.5, 0.6) is 0 Å². The van der Waals surface area contributed by atoms with Gasteiger partial charge in [-0.3, -0.25) is 4.79 Å². The van der Waals surface area contributed by atoms with Crippen LogP contribution in [0.15, 0.2) is 30.6 Å². The fraction of sp³-hybridized carbons (Fsp3) is 0.286. The van der Waals surface area contributed by atoms with Gasteiger partial charge in [0.1, 0.15) is 12.2 Å². The molecule has 0 bridgehead atoms. The number of rotatable bonds is 3. The first kappa shape index (κ1) is 13.3. The highest BCUT2D eigenvalue weighted by Crippen LogP contribution is 2.12. The lowest BCUT2D eigenvalue weighted by molar-refractivity contribution is 0.0697. The smallest absolute Gasteiger partial charge is 0.335 e. The Morgan fingerprint density at radius 2 is 2.14 bits per heavy atom. The SMILES string of the molecule is O=C(O)c1cccc(C(=O)NC2CCc3ncnn3C2)c1. The minimum absolute atomic E-state index is 0.0276. The van der Waals surface area contributed by atoms with Crippen LogP contribution < -0.4 is 5.32 Å². The summed E-state index contributed by atoms with van der Waals surface area (Å²) in [5.74, 6) is -0.394. The molecule has 1 aliphatic heterocycles. The van der Waals surface area contributed by atoms with Crippen LogP contribution >= 0.6 is 0 Å². The Morgan fingerprint density at radius 1 is 1.33 bits per heavy atom. The second-order valence-corrected chi connectivity index (χ2v) is 4.95. The monoisotopic (exact) mass is 286 g/mol. The predicted octanol–water partition coefficient (Wildman–Crippen LogP) is 0.721. The van der Waals surface area contributed by atoms with Crippen molar-refractivity contribution in [3.63, 3.8) is 0 Å². The number of aryl methyl sites for hydroxylation is 1. The number of carbonyl (C=O) groups excluding carboxylic acids is 1. The van der Waals surface area contributed by atoms with Crippen molar-refractivity contribution in [3.05, 3.63) is 47.5 Å². The maximum Gasteiger partial charge on any atom is 0.335 e. The Labute approximate surface area is 120 Å². The van der Waals surface area contributed by atoms with Gasteiger partial charge in [-0.2, -0.15) is 5.10 Å². The topological polar surface area (TPSA) is 97.1 Å². The van der Waals surface area contributed by atoms with Gasteiger partial charge in [0.2, 0.25) is 0 Å². The quantitative estimate of drug-likeness (QED) is 0.866. The van der Waals surface area contributed by atoms with Crippen LogP contribution in [0.1, 0.15) is 33.0 Å². The van der Waals surface area contributed by atoms with Gasteiger partial charge < -0.3 is 10.4 Å². The number of carboxylic acids is 1. The summed E-state index contributed by atoms with van der Waals surface area (Å²) in [7, 11) is 0. The summed E-state index contributed by atoms with van der Waals surface area (Å²) in [4.78, 5) is 27.2. The van der Waals surface area contributed by atoms with Crippen molar-refractivity contribution in [2.24, 2.45) is 0 Å². The number of nitrogens with zero attached hydrogens (tertiary/aromatic N) is 3. The van der Waals surface area contributed by atoms with Crippen molar-refractivity contribution >= 4 is 11.9 Å². The second kappa shape index (κ2) is 5.35. The fourth-order valence-corrected chi connectivity index (χ4v) is 2.42. The fourth-order valence-electron chi connectivity index (χ4n) is 2.42. The van der Waals surface area contributed by atoms with Crippen molar-refractivity contribution in [2.75, 3.05) is 0 Å². The highest BCUT2D eigenvalue weighted by Gasteiger charge is 2.22. The molecule has 0 fully saturated rings. The Kier molecular flexibility index (Phi) is 3.39. The lowest BCUT2D eigenvalue weighted by atomic mass is 10.1. The molecule has 1 aromatic heterocycles. The lowest BCUT2D eigenvalue weighted by Crippen LogP contribution is -2.41. The van der Waals surface area contributed by atoms with Crippen LogP contribution in [0.25, 0.3) is 0 Å². The average molecular weight is 286 g/mol. The van der Waals surface area contributed by atoms with E-state index in [9.17, 15) is 9.59 Å². The molecule has 2 N–H and O–H groups in total. The van der Waals surface area contributed by atoms with Gasteiger partial charge >= 0.3 is 5.97 Å². The summed E-state index contributed by atoms with van der Waals surface area (Å²) in [6, 6.07) is 5.98. The maximum absolute atomic E-state index is 12.2. The van der Waals surface area contributed by atoms with Gasteiger partial charge in [-0.05, 0) is 24.6 Å². The van der Waals surface area contributed by atoms with Gasteiger partial charge in [-0.25, -0.2) is 14.5 Å². The Bertz CT molecular complexity index is 695. The van der Waals surface area contributed by atoms with E-state index in [4.69, 9.17) is 5.11 Å². The number of hydrogen-bond donors (Lipinski definition) is 2. The van der Waals surface area contributed by atoms with E-state index in [1.807, 2.05) is 0 Å². The van der Waals surface area contributed by atoms with Crippen molar-refractivity contribution in [1.29, 1.82) is 0 Å². The molecule has 7 nitrogen and oxygen atoms in total. The first-order chi connectivity index (χ1) is 10.1. The second-order valence-electron chi connectivity index (χ2n) is 4.95. The molecule has 1 unspecified atom stereocenters. The largest absolute Gasteiger partial charge is 0.478 e. The Hall–Kier alpha value is -2.70. The first-order valence-corrected chi connectivity index (χ1v) is 6.64. The molecule has 2 aromatic rings. The summed E-state index contributed by atoms with van der Waals surface area (Å²) in [6.45, 7) is 0.583. The van der Waals surface area contributed by atoms with E-state index in [-0.39, 0.29) is 17.5 Å². The summed E-state index contributed by atoms with van der Waals surface area (Å²) >= 11 is 0. The number of amides is 1. The van der Waals surface area contributed by atoms with E-state index in [2.05, 4.69) is 15.4 Å². The van der Waals surface area contributed by atoms with Crippen LogP contribution in [0.4, 0.5) is 0 Å². The molecule has 1 aromatic carbocycles. The van der Waals surface area contributed by atoms with Crippen LogP contribution in [0.3, 0.4) is 0 Å². The number of aromatic nitrogens is 3. The molecule has 1 amide bonds. The van der Waals surface area contributed by atoms with E-state index >= 15 is 0 Å². The van der Waals surface area contributed by atoms with E-state index < -0.39 is 5.97 Å². The number of fused-ring (bicyclic) bond motifs is 1. The molecule has 7 heteroatoms. The van der Waals surface area contributed by atoms with Crippen molar-refractivity contribution in [3.8, 4) is 0 Å². The summed E-state index contributed by atoms with van der Waals surface area (Å²) in [6.07, 6.45) is 3.07. The van der Waals surface area contributed by atoms with Gasteiger partial charge in [0.15, 0.2) is 0 Å². The molecular weight excluding hydrogens is 272 g/mol.